The molecule has 1 aromatic heterocycles. The second-order valence-electron chi connectivity index (χ2n) is 5.51. The van der Waals surface area contributed by atoms with Gasteiger partial charge >= 0.3 is 0 Å². The van der Waals surface area contributed by atoms with Crippen LogP contribution in [0.4, 0.5) is 0 Å². The summed E-state index contributed by atoms with van der Waals surface area (Å²) in [6.45, 7) is 7.51. The molecule has 0 bridgehead atoms. The van der Waals surface area contributed by atoms with E-state index in [-0.39, 0.29) is 6.04 Å². The topological polar surface area (TPSA) is 37.8 Å². The number of nitrogens with one attached hydrogen (secondary N) is 1. The SMILES string of the molecule is CCCNC(Cc1ccc(Cl)cc1)c1snnc1C(C)C. The number of rotatable bonds is 7. The van der Waals surface area contributed by atoms with Crippen LogP contribution in [0.15, 0.2) is 24.3 Å². The van der Waals surface area contributed by atoms with Gasteiger partial charge in [0, 0.05) is 11.1 Å². The fourth-order valence-electron chi connectivity index (χ4n) is 2.28. The molecule has 0 saturated heterocycles. The molecule has 2 rings (SSSR count). The number of halogens is 1. The van der Waals surface area contributed by atoms with E-state index >= 15 is 0 Å². The van der Waals surface area contributed by atoms with Crippen molar-refractivity contribution in [2.75, 3.05) is 6.54 Å². The first-order valence-corrected chi connectivity index (χ1v) is 8.57. The highest BCUT2D eigenvalue weighted by Crippen LogP contribution is 2.29. The second-order valence-corrected chi connectivity index (χ2v) is 6.74. The van der Waals surface area contributed by atoms with Crippen LogP contribution >= 0.6 is 23.1 Å². The molecule has 1 aromatic carbocycles. The van der Waals surface area contributed by atoms with Gasteiger partial charge in [-0.15, -0.1) is 5.10 Å². The van der Waals surface area contributed by atoms with Crippen molar-refractivity contribution in [3.8, 4) is 0 Å². The van der Waals surface area contributed by atoms with Gasteiger partial charge in [-0.1, -0.05) is 49.0 Å². The average molecular weight is 324 g/mol. The average Bonchev–Trinajstić information content (AvgIpc) is 2.95. The molecule has 1 N–H and O–H groups in total. The largest absolute Gasteiger partial charge is 0.309 e. The Hall–Kier alpha value is -0.970. The highest BCUT2D eigenvalue weighted by atomic mass is 35.5. The zero-order valence-corrected chi connectivity index (χ0v) is 14.3. The van der Waals surface area contributed by atoms with Crippen molar-refractivity contribution in [3.05, 3.63) is 45.4 Å². The van der Waals surface area contributed by atoms with E-state index in [2.05, 4.69) is 47.8 Å². The van der Waals surface area contributed by atoms with Crippen LogP contribution in [0.2, 0.25) is 5.02 Å². The summed E-state index contributed by atoms with van der Waals surface area (Å²) in [6.07, 6.45) is 2.04. The fourth-order valence-corrected chi connectivity index (χ4v) is 3.29. The van der Waals surface area contributed by atoms with E-state index in [0.717, 1.165) is 30.1 Å². The maximum absolute atomic E-state index is 5.96. The molecule has 0 aliphatic heterocycles. The Balaban J connectivity index is 2.21. The van der Waals surface area contributed by atoms with Gasteiger partial charge in [0.15, 0.2) is 0 Å². The molecule has 1 atom stereocenters. The molecule has 0 aliphatic carbocycles. The summed E-state index contributed by atoms with van der Waals surface area (Å²) in [5.41, 5.74) is 2.39. The third kappa shape index (κ3) is 4.50. The van der Waals surface area contributed by atoms with Crippen molar-refractivity contribution in [1.82, 2.24) is 14.9 Å². The predicted octanol–water partition coefficient (Wildman–Crippen LogP) is 4.60. The molecule has 21 heavy (non-hydrogen) atoms. The minimum Gasteiger partial charge on any atom is -0.309 e. The van der Waals surface area contributed by atoms with Crippen LogP contribution in [0.25, 0.3) is 0 Å². The fraction of sp³-hybridized carbons (Fsp3) is 0.500. The van der Waals surface area contributed by atoms with Gasteiger partial charge < -0.3 is 5.32 Å². The molecule has 0 amide bonds. The molecule has 5 heteroatoms. The Morgan fingerprint density at radius 2 is 1.95 bits per heavy atom. The van der Waals surface area contributed by atoms with Crippen molar-refractivity contribution >= 4 is 23.1 Å². The lowest BCUT2D eigenvalue weighted by molar-refractivity contribution is 0.529. The Bertz CT molecular complexity index is 551. The summed E-state index contributed by atoms with van der Waals surface area (Å²) in [5.74, 6) is 0.398. The van der Waals surface area contributed by atoms with Gasteiger partial charge in [0.1, 0.15) is 0 Å². The third-order valence-electron chi connectivity index (χ3n) is 3.40. The smallest absolute Gasteiger partial charge is 0.0829 e. The molecule has 2 aromatic rings. The van der Waals surface area contributed by atoms with Crippen LogP contribution in [-0.4, -0.2) is 16.1 Å². The van der Waals surface area contributed by atoms with Crippen LogP contribution in [0.3, 0.4) is 0 Å². The highest BCUT2D eigenvalue weighted by molar-refractivity contribution is 7.05. The van der Waals surface area contributed by atoms with Gasteiger partial charge in [0.05, 0.1) is 10.6 Å². The van der Waals surface area contributed by atoms with Gasteiger partial charge in [-0.2, -0.15) is 0 Å². The molecule has 0 radical (unpaired) electrons. The Labute approximate surface area is 135 Å². The Kier molecular flexibility index (Phi) is 6.15. The predicted molar refractivity (Wildman–Crippen MR) is 90.2 cm³/mol. The summed E-state index contributed by atoms with van der Waals surface area (Å²) in [5, 5.41) is 8.71. The lowest BCUT2D eigenvalue weighted by Crippen LogP contribution is -2.24. The first-order valence-electron chi connectivity index (χ1n) is 7.41. The molecule has 3 nitrogen and oxygen atoms in total. The van der Waals surface area contributed by atoms with Crippen LogP contribution in [0, 0.1) is 0 Å². The highest BCUT2D eigenvalue weighted by Gasteiger charge is 2.21. The van der Waals surface area contributed by atoms with Crippen molar-refractivity contribution in [3.63, 3.8) is 0 Å². The molecule has 0 fully saturated rings. The quantitative estimate of drug-likeness (QED) is 0.809. The molecule has 114 valence electrons. The minimum absolute atomic E-state index is 0.267. The van der Waals surface area contributed by atoms with Gasteiger partial charge in [-0.25, -0.2) is 0 Å². The van der Waals surface area contributed by atoms with Crippen molar-refractivity contribution in [2.24, 2.45) is 0 Å². The van der Waals surface area contributed by atoms with Gasteiger partial charge in [0.2, 0.25) is 0 Å². The van der Waals surface area contributed by atoms with E-state index in [9.17, 15) is 0 Å². The molecule has 0 aliphatic rings. The first kappa shape index (κ1) is 16.4. The van der Waals surface area contributed by atoms with E-state index in [0.29, 0.717) is 5.92 Å². The zero-order valence-electron chi connectivity index (χ0n) is 12.8. The molecular formula is C16H22ClN3S. The molecule has 1 heterocycles. The Morgan fingerprint density at radius 1 is 1.24 bits per heavy atom. The number of nitrogens with zero attached hydrogens (tertiary/aromatic N) is 2. The van der Waals surface area contributed by atoms with Crippen molar-refractivity contribution in [1.29, 1.82) is 0 Å². The third-order valence-corrected chi connectivity index (χ3v) is 4.50. The molecular weight excluding hydrogens is 302 g/mol. The maximum Gasteiger partial charge on any atom is 0.0829 e. The number of hydrogen-bond donors (Lipinski definition) is 1. The summed E-state index contributed by atoms with van der Waals surface area (Å²) >= 11 is 7.47. The number of hydrogen-bond acceptors (Lipinski definition) is 4. The van der Waals surface area contributed by atoms with E-state index in [1.54, 1.807) is 0 Å². The van der Waals surface area contributed by atoms with E-state index in [1.165, 1.54) is 22.0 Å². The van der Waals surface area contributed by atoms with Crippen LogP contribution in [-0.2, 0) is 6.42 Å². The lowest BCUT2D eigenvalue weighted by atomic mass is 10.00. The normalized spacial score (nSPS) is 12.8. The van der Waals surface area contributed by atoms with Crippen LogP contribution in [0.5, 0.6) is 0 Å². The number of benzene rings is 1. The second kappa shape index (κ2) is 7.87. The standard InChI is InChI=1S/C16H22ClN3S/c1-4-9-18-14(10-12-5-7-13(17)8-6-12)16-15(11(2)3)19-20-21-16/h5-8,11,14,18H,4,9-10H2,1-3H3. The summed E-state index contributed by atoms with van der Waals surface area (Å²) in [6, 6.07) is 8.34. The number of aromatic nitrogens is 2. The summed E-state index contributed by atoms with van der Waals surface area (Å²) in [4.78, 5) is 1.26. The molecule has 1 unspecified atom stereocenters. The van der Waals surface area contributed by atoms with Gasteiger partial charge in [0.25, 0.3) is 0 Å². The van der Waals surface area contributed by atoms with Crippen LogP contribution < -0.4 is 5.32 Å². The first-order chi connectivity index (χ1) is 10.1. The molecule has 0 spiro atoms. The Morgan fingerprint density at radius 3 is 2.57 bits per heavy atom. The minimum atomic E-state index is 0.267. The maximum atomic E-state index is 5.96. The van der Waals surface area contributed by atoms with Crippen molar-refractivity contribution < 1.29 is 0 Å². The van der Waals surface area contributed by atoms with Crippen LogP contribution in [0.1, 0.15) is 55.3 Å². The molecule has 0 saturated carbocycles. The van der Waals surface area contributed by atoms with Crippen molar-refractivity contribution in [2.45, 2.75) is 45.6 Å². The van der Waals surface area contributed by atoms with E-state index in [4.69, 9.17) is 11.6 Å². The summed E-state index contributed by atoms with van der Waals surface area (Å²) in [7, 11) is 0. The lowest BCUT2D eigenvalue weighted by Gasteiger charge is -2.19. The monoisotopic (exact) mass is 323 g/mol. The summed E-state index contributed by atoms with van der Waals surface area (Å²) < 4.78 is 4.16. The van der Waals surface area contributed by atoms with Gasteiger partial charge in [-0.3, -0.25) is 0 Å². The zero-order chi connectivity index (χ0) is 15.2. The van der Waals surface area contributed by atoms with E-state index < -0.39 is 0 Å². The van der Waals surface area contributed by atoms with E-state index in [1.807, 2.05) is 12.1 Å². The van der Waals surface area contributed by atoms with Gasteiger partial charge in [-0.05, 0) is 54.5 Å².